The zero-order chi connectivity index (χ0) is 21.9. The summed E-state index contributed by atoms with van der Waals surface area (Å²) < 4.78 is 4.81. The van der Waals surface area contributed by atoms with Crippen LogP contribution in [0.4, 0.5) is 0 Å². The van der Waals surface area contributed by atoms with Crippen molar-refractivity contribution in [1.82, 2.24) is 20.6 Å². The molecule has 2 aromatic heterocycles. The van der Waals surface area contributed by atoms with Gasteiger partial charge in [-0.3, -0.25) is 14.8 Å². The fraction of sp³-hybridized carbons (Fsp3) is 0.250. The number of benzene rings is 1. The summed E-state index contributed by atoms with van der Waals surface area (Å²) in [6, 6.07) is 14.1. The van der Waals surface area contributed by atoms with Crippen molar-refractivity contribution in [2.45, 2.75) is 18.9 Å². The zero-order valence-electron chi connectivity index (χ0n) is 17.5. The van der Waals surface area contributed by atoms with Gasteiger partial charge in [0.05, 0.1) is 12.7 Å². The minimum absolute atomic E-state index is 0.147. The first kappa shape index (κ1) is 22.1. The van der Waals surface area contributed by atoms with Gasteiger partial charge < -0.3 is 15.4 Å². The minimum atomic E-state index is -0.594. The lowest BCUT2D eigenvalue weighted by Gasteiger charge is -2.19. The van der Waals surface area contributed by atoms with Gasteiger partial charge in [0.25, 0.3) is 0 Å². The Kier molecular flexibility index (Phi) is 8.25. The van der Waals surface area contributed by atoms with Crippen molar-refractivity contribution in [3.05, 3.63) is 95.6 Å². The SMILES string of the molecule is COC(=O)c1cccc([C@@H](NCCc2ccncc2)C(=O)NCCc2ccncc2)c1. The molecule has 160 valence electrons. The Morgan fingerprint density at radius 3 is 2.13 bits per heavy atom. The molecule has 0 radical (unpaired) electrons. The van der Waals surface area contributed by atoms with Crippen LogP contribution in [0.15, 0.2) is 73.3 Å². The molecule has 1 atom stereocenters. The number of ether oxygens (including phenoxy) is 1. The van der Waals surface area contributed by atoms with Crippen LogP contribution < -0.4 is 10.6 Å². The monoisotopic (exact) mass is 418 g/mol. The standard InChI is InChI=1S/C24H26N4O3/c1-31-24(30)21-4-2-3-20(17-21)22(27-15-9-18-5-11-25-12-6-18)23(29)28-16-10-19-7-13-26-14-8-19/h2-8,11-14,17,22,27H,9-10,15-16H2,1H3,(H,28,29)/t22-/m1/s1. The Labute approximate surface area is 181 Å². The molecule has 0 spiro atoms. The molecule has 0 fully saturated rings. The van der Waals surface area contributed by atoms with Gasteiger partial charge in [0.2, 0.25) is 5.91 Å². The van der Waals surface area contributed by atoms with E-state index >= 15 is 0 Å². The van der Waals surface area contributed by atoms with Crippen LogP contribution >= 0.6 is 0 Å². The summed E-state index contributed by atoms with van der Waals surface area (Å²) in [5.41, 5.74) is 3.34. The number of amides is 1. The molecule has 1 aromatic carbocycles. The maximum absolute atomic E-state index is 13.0. The number of pyridine rings is 2. The molecule has 7 heteroatoms. The minimum Gasteiger partial charge on any atom is -0.465 e. The van der Waals surface area contributed by atoms with E-state index in [0.29, 0.717) is 30.6 Å². The van der Waals surface area contributed by atoms with Crippen molar-refractivity contribution < 1.29 is 14.3 Å². The second kappa shape index (κ2) is 11.6. The second-order valence-corrected chi connectivity index (χ2v) is 7.01. The van der Waals surface area contributed by atoms with E-state index in [1.54, 1.807) is 43.0 Å². The molecule has 0 saturated heterocycles. The molecule has 31 heavy (non-hydrogen) atoms. The molecule has 2 heterocycles. The first-order valence-electron chi connectivity index (χ1n) is 10.1. The number of esters is 1. The highest BCUT2D eigenvalue weighted by atomic mass is 16.5. The highest BCUT2D eigenvalue weighted by molar-refractivity contribution is 5.90. The van der Waals surface area contributed by atoms with Gasteiger partial charge >= 0.3 is 5.97 Å². The van der Waals surface area contributed by atoms with Crippen LogP contribution in [0, 0.1) is 0 Å². The van der Waals surface area contributed by atoms with Crippen molar-refractivity contribution >= 4 is 11.9 Å². The van der Waals surface area contributed by atoms with E-state index in [-0.39, 0.29) is 5.91 Å². The molecule has 7 nitrogen and oxygen atoms in total. The molecular weight excluding hydrogens is 392 g/mol. The van der Waals surface area contributed by atoms with Gasteiger partial charge in [-0.1, -0.05) is 12.1 Å². The predicted molar refractivity (Wildman–Crippen MR) is 117 cm³/mol. The third-order valence-electron chi connectivity index (χ3n) is 4.88. The molecule has 0 bridgehead atoms. The number of carbonyl (C=O) groups is 2. The Balaban J connectivity index is 1.68. The number of rotatable bonds is 10. The van der Waals surface area contributed by atoms with Gasteiger partial charge in [-0.2, -0.15) is 0 Å². The molecule has 3 aromatic rings. The average Bonchev–Trinajstić information content (AvgIpc) is 2.82. The van der Waals surface area contributed by atoms with Crippen LogP contribution in [-0.2, 0) is 22.4 Å². The molecule has 1 amide bonds. The summed E-state index contributed by atoms with van der Waals surface area (Å²) in [5.74, 6) is -0.582. The molecular formula is C24H26N4O3. The first-order chi connectivity index (χ1) is 15.2. The molecule has 0 unspecified atom stereocenters. The Bertz CT molecular complexity index is 980. The summed E-state index contributed by atoms with van der Waals surface area (Å²) in [4.78, 5) is 33.0. The maximum atomic E-state index is 13.0. The van der Waals surface area contributed by atoms with E-state index in [2.05, 4.69) is 20.6 Å². The van der Waals surface area contributed by atoms with Crippen molar-refractivity contribution in [2.75, 3.05) is 20.2 Å². The number of hydrogen-bond acceptors (Lipinski definition) is 6. The Morgan fingerprint density at radius 2 is 1.52 bits per heavy atom. The third kappa shape index (κ3) is 6.72. The molecule has 0 saturated carbocycles. The van der Waals surface area contributed by atoms with Gasteiger partial charge in [0, 0.05) is 37.9 Å². The summed E-state index contributed by atoms with van der Waals surface area (Å²) in [6.07, 6.45) is 8.43. The quantitative estimate of drug-likeness (QED) is 0.492. The molecule has 3 rings (SSSR count). The van der Waals surface area contributed by atoms with E-state index in [4.69, 9.17) is 4.74 Å². The highest BCUT2D eigenvalue weighted by Crippen LogP contribution is 2.16. The van der Waals surface area contributed by atoms with E-state index in [1.165, 1.54) is 7.11 Å². The number of nitrogens with zero attached hydrogens (tertiary/aromatic N) is 2. The lowest BCUT2D eigenvalue weighted by molar-refractivity contribution is -0.123. The molecule has 0 aliphatic carbocycles. The second-order valence-electron chi connectivity index (χ2n) is 7.01. The predicted octanol–water partition coefficient (Wildman–Crippen LogP) is 2.50. The summed E-state index contributed by atoms with van der Waals surface area (Å²) in [5, 5.41) is 6.32. The number of hydrogen-bond donors (Lipinski definition) is 2. The highest BCUT2D eigenvalue weighted by Gasteiger charge is 2.21. The smallest absolute Gasteiger partial charge is 0.337 e. The summed E-state index contributed by atoms with van der Waals surface area (Å²) >= 11 is 0. The Morgan fingerprint density at radius 1 is 0.903 bits per heavy atom. The summed E-state index contributed by atoms with van der Waals surface area (Å²) in [7, 11) is 1.34. The topological polar surface area (TPSA) is 93.2 Å². The number of aromatic nitrogens is 2. The van der Waals surface area contributed by atoms with Crippen LogP contribution in [0.25, 0.3) is 0 Å². The van der Waals surface area contributed by atoms with Crippen LogP contribution in [0.3, 0.4) is 0 Å². The molecule has 2 N–H and O–H groups in total. The van der Waals surface area contributed by atoms with Crippen molar-refractivity contribution in [2.24, 2.45) is 0 Å². The van der Waals surface area contributed by atoms with Crippen LogP contribution in [0.1, 0.15) is 33.1 Å². The van der Waals surface area contributed by atoms with Gasteiger partial charge in [0.15, 0.2) is 0 Å². The molecule has 0 aliphatic rings. The number of carbonyl (C=O) groups excluding carboxylic acids is 2. The lowest BCUT2D eigenvalue weighted by Crippen LogP contribution is -2.39. The van der Waals surface area contributed by atoms with E-state index in [1.807, 2.05) is 30.3 Å². The first-order valence-corrected chi connectivity index (χ1v) is 10.1. The maximum Gasteiger partial charge on any atom is 0.337 e. The fourth-order valence-corrected chi connectivity index (χ4v) is 3.22. The van der Waals surface area contributed by atoms with Crippen LogP contribution in [0.5, 0.6) is 0 Å². The van der Waals surface area contributed by atoms with Gasteiger partial charge in [-0.25, -0.2) is 4.79 Å². The van der Waals surface area contributed by atoms with Gasteiger partial charge in [-0.15, -0.1) is 0 Å². The van der Waals surface area contributed by atoms with E-state index in [0.717, 1.165) is 17.5 Å². The third-order valence-corrected chi connectivity index (χ3v) is 4.88. The normalized spacial score (nSPS) is 11.5. The van der Waals surface area contributed by atoms with Crippen LogP contribution in [0.2, 0.25) is 0 Å². The number of methoxy groups -OCH3 is 1. The van der Waals surface area contributed by atoms with Crippen molar-refractivity contribution in [3.63, 3.8) is 0 Å². The van der Waals surface area contributed by atoms with E-state index < -0.39 is 12.0 Å². The Hall–Kier alpha value is -3.58. The lowest BCUT2D eigenvalue weighted by atomic mass is 10.0. The van der Waals surface area contributed by atoms with Gasteiger partial charge in [0.1, 0.15) is 6.04 Å². The van der Waals surface area contributed by atoms with Crippen molar-refractivity contribution in [3.8, 4) is 0 Å². The number of nitrogens with one attached hydrogen (secondary N) is 2. The summed E-state index contributed by atoms with van der Waals surface area (Å²) in [6.45, 7) is 1.09. The van der Waals surface area contributed by atoms with E-state index in [9.17, 15) is 9.59 Å². The van der Waals surface area contributed by atoms with Gasteiger partial charge in [-0.05, 0) is 65.9 Å². The largest absolute Gasteiger partial charge is 0.465 e. The van der Waals surface area contributed by atoms with Crippen LogP contribution in [-0.4, -0.2) is 42.0 Å². The fourth-order valence-electron chi connectivity index (χ4n) is 3.22. The molecule has 0 aliphatic heterocycles. The zero-order valence-corrected chi connectivity index (χ0v) is 17.5. The van der Waals surface area contributed by atoms with Crippen molar-refractivity contribution in [1.29, 1.82) is 0 Å². The average molecular weight is 418 g/mol.